The SMILES string of the molecule is C[Si]1(C)c2ccccc2-c2cc3c(-c4ccccc4-c4ccc5c(c4)CCC=C5)c4ccc(-c5ccccc5)cc4c(C4=CCCC=C4)c3cc21. The maximum absolute atomic E-state index is 2.63. The Morgan fingerprint density at radius 2 is 1.18 bits per heavy atom. The summed E-state index contributed by atoms with van der Waals surface area (Å²) in [5.41, 5.74) is 16.1. The maximum atomic E-state index is 2.63. The summed E-state index contributed by atoms with van der Waals surface area (Å²) in [4.78, 5) is 0. The minimum Gasteiger partial charge on any atom is -0.0836 e. The lowest BCUT2D eigenvalue weighted by Gasteiger charge is -2.24. The molecule has 0 unspecified atom stereocenters. The second-order valence-electron chi connectivity index (χ2n) is 15.0. The molecule has 0 bridgehead atoms. The third kappa shape index (κ3) is 4.79. The summed E-state index contributed by atoms with van der Waals surface area (Å²) in [5, 5.41) is 8.47. The topological polar surface area (TPSA) is 0 Å². The first-order valence-corrected chi connectivity index (χ1v) is 21.6. The molecule has 244 valence electrons. The zero-order valence-electron chi connectivity index (χ0n) is 29.3. The molecule has 3 aliphatic rings. The van der Waals surface area contributed by atoms with E-state index in [0.717, 1.165) is 25.7 Å². The maximum Gasteiger partial charge on any atom is 0.113 e. The summed E-state index contributed by atoms with van der Waals surface area (Å²) in [6, 6.07) is 48.8. The summed E-state index contributed by atoms with van der Waals surface area (Å²) >= 11 is 0. The second-order valence-corrected chi connectivity index (χ2v) is 19.4. The fourth-order valence-corrected chi connectivity index (χ4v) is 12.3. The first-order valence-electron chi connectivity index (χ1n) is 18.6. The predicted octanol–water partition coefficient (Wildman–Crippen LogP) is 12.5. The quantitative estimate of drug-likeness (QED) is 0.129. The molecular formula is C50H40Si. The average Bonchev–Trinajstić information content (AvgIpc) is 3.41. The zero-order valence-corrected chi connectivity index (χ0v) is 30.3. The van der Waals surface area contributed by atoms with Gasteiger partial charge in [0.15, 0.2) is 0 Å². The van der Waals surface area contributed by atoms with E-state index < -0.39 is 8.07 Å². The highest BCUT2D eigenvalue weighted by molar-refractivity contribution is 7.04. The van der Waals surface area contributed by atoms with Crippen molar-refractivity contribution in [2.75, 3.05) is 0 Å². The van der Waals surface area contributed by atoms with Crippen LogP contribution >= 0.6 is 0 Å². The van der Waals surface area contributed by atoms with Crippen molar-refractivity contribution in [1.29, 1.82) is 0 Å². The lowest BCUT2D eigenvalue weighted by atomic mass is 9.81. The minimum atomic E-state index is -1.92. The van der Waals surface area contributed by atoms with Gasteiger partial charge in [0.1, 0.15) is 8.07 Å². The highest BCUT2D eigenvalue weighted by Crippen LogP contribution is 2.48. The van der Waals surface area contributed by atoms with Gasteiger partial charge < -0.3 is 0 Å². The molecule has 0 amide bonds. The third-order valence-corrected chi connectivity index (χ3v) is 15.3. The third-order valence-electron chi connectivity index (χ3n) is 11.7. The van der Waals surface area contributed by atoms with Crippen LogP contribution < -0.4 is 10.4 Å². The van der Waals surface area contributed by atoms with Crippen molar-refractivity contribution in [3.05, 3.63) is 168 Å². The van der Waals surface area contributed by atoms with E-state index in [4.69, 9.17) is 0 Å². The van der Waals surface area contributed by atoms with Crippen LogP contribution in [-0.2, 0) is 6.42 Å². The van der Waals surface area contributed by atoms with Crippen LogP contribution in [-0.4, -0.2) is 8.07 Å². The van der Waals surface area contributed by atoms with E-state index in [1.165, 1.54) is 88.3 Å². The van der Waals surface area contributed by atoms with Crippen LogP contribution in [0.3, 0.4) is 0 Å². The second kappa shape index (κ2) is 11.8. The zero-order chi connectivity index (χ0) is 34.1. The van der Waals surface area contributed by atoms with Gasteiger partial charge >= 0.3 is 0 Å². The molecule has 10 rings (SSSR count). The van der Waals surface area contributed by atoms with E-state index in [1.807, 2.05) is 0 Å². The highest BCUT2D eigenvalue weighted by atomic mass is 28.3. The number of hydrogen-bond donors (Lipinski definition) is 0. The summed E-state index contributed by atoms with van der Waals surface area (Å²) in [6.07, 6.45) is 16.2. The fraction of sp³-hybridized carbons (Fsp3) is 0.120. The Balaban J connectivity index is 1.36. The number of aryl methyl sites for hydroxylation is 1. The van der Waals surface area contributed by atoms with Crippen molar-refractivity contribution < 1.29 is 0 Å². The summed E-state index contributed by atoms with van der Waals surface area (Å²) in [5.74, 6) is 0. The monoisotopic (exact) mass is 668 g/mol. The van der Waals surface area contributed by atoms with Crippen LogP contribution in [0.5, 0.6) is 0 Å². The fourth-order valence-electron chi connectivity index (χ4n) is 9.19. The van der Waals surface area contributed by atoms with Gasteiger partial charge in [-0.05, 0) is 137 Å². The van der Waals surface area contributed by atoms with Gasteiger partial charge in [-0.15, -0.1) is 0 Å². The van der Waals surface area contributed by atoms with Gasteiger partial charge in [0.05, 0.1) is 0 Å². The lowest BCUT2D eigenvalue weighted by molar-refractivity contribution is 0.986. The van der Waals surface area contributed by atoms with Gasteiger partial charge in [0.2, 0.25) is 0 Å². The van der Waals surface area contributed by atoms with Gasteiger partial charge in [-0.1, -0.05) is 159 Å². The normalized spacial score (nSPS) is 15.5. The van der Waals surface area contributed by atoms with Crippen molar-refractivity contribution in [3.8, 4) is 44.5 Å². The van der Waals surface area contributed by atoms with E-state index in [2.05, 4.69) is 171 Å². The number of benzene rings is 7. The molecule has 0 N–H and O–H groups in total. The first-order chi connectivity index (χ1) is 25.1. The van der Waals surface area contributed by atoms with E-state index >= 15 is 0 Å². The van der Waals surface area contributed by atoms with Gasteiger partial charge in [-0.25, -0.2) is 0 Å². The Morgan fingerprint density at radius 3 is 2.02 bits per heavy atom. The largest absolute Gasteiger partial charge is 0.113 e. The Bertz CT molecular complexity index is 2650. The molecular weight excluding hydrogens is 629 g/mol. The number of fused-ring (bicyclic) bond motifs is 6. The van der Waals surface area contributed by atoms with Crippen molar-refractivity contribution >= 4 is 51.6 Å². The van der Waals surface area contributed by atoms with Gasteiger partial charge in [0, 0.05) is 0 Å². The van der Waals surface area contributed by atoms with Crippen LogP contribution in [0.4, 0.5) is 0 Å². The highest BCUT2D eigenvalue weighted by Gasteiger charge is 2.38. The molecule has 1 heterocycles. The number of rotatable bonds is 4. The molecule has 51 heavy (non-hydrogen) atoms. The molecule has 0 radical (unpaired) electrons. The summed E-state index contributed by atoms with van der Waals surface area (Å²) in [6.45, 7) is 5.08. The van der Waals surface area contributed by atoms with Crippen molar-refractivity contribution in [2.24, 2.45) is 0 Å². The van der Waals surface area contributed by atoms with E-state index in [9.17, 15) is 0 Å². The van der Waals surface area contributed by atoms with Crippen molar-refractivity contribution in [1.82, 2.24) is 0 Å². The molecule has 0 nitrogen and oxygen atoms in total. The molecule has 0 atom stereocenters. The molecule has 1 heteroatoms. The van der Waals surface area contributed by atoms with E-state index in [-0.39, 0.29) is 0 Å². The summed E-state index contributed by atoms with van der Waals surface area (Å²) < 4.78 is 0. The van der Waals surface area contributed by atoms with Crippen LogP contribution in [0.1, 0.15) is 36.0 Å². The van der Waals surface area contributed by atoms with Gasteiger partial charge in [0.25, 0.3) is 0 Å². The van der Waals surface area contributed by atoms with Crippen molar-refractivity contribution in [2.45, 2.75) is 38.8 Å². The summed E-state index contributed by atoms with van der Waals surface area (Å²) in [7, 11) is -1.92. The van der Waals surface area contributed by atoms with Crippen LogP contribution in [0.15, 0.2) is 152 Å². The predicted molar refractivity (Wildman–Crippen MR) is 224 cm³/mol. The Morgan fingerprint density at radius 1 is 0.451 bits per heavy atom. The van der Waals surface area contributed by atoms with Crippen LogP contribution in [0.2, 0.25) is 13.1 Å². The van der Waals surface area contributed by atoms with Crippen molar-refractivity contribution in [3.63, 3.8) is 0 Å². The molecule has 0 saturated carbocycles. The minimum absolute atomic E-state index is 1.07. The van der Waals surface area contributed by atoms with Crippen LogP contribution in [0.25, 0.3) is 77.7 Å². The number of allylic oxidation sites excluding steroid dienone is 5. The molecule has 2 aliphatic carbocycles. The first kappa shape index (κ1) is 30.3. The molecule has 7 aromatic rings. The number of hydrogen-bond acceptors (Lipinski definition) is 0. The van der Waals surface area contributed by atoms with E-state index in [0.29, 0.717) is 0 Å². The molecule has 0 aromatic heterocycles. The molecule has 0 fully saturated rings. The Labute approximate surface area is 302 Å². The Kier molecular flexibility index (Phi) is 7.01. The standard InChI is InChI=1S/C50H40Si/c1-51(2)47-24-14-13-22-40(47)43-31-45-46(32-48(43)51)49(35-18-7-4-8-19-35)44-30-37(33-15-5-3-6-16-33)27-28-42(44)50(45)41-23-12-11-21-39(41)38-26-25-34-17-9-10-20-36(34)29-38/h3,5-7,9,11-19,21-32H,4,8,10,20H2,1-2H3. The van der Waals surface area contributed by atoms with Gasteiger partial charge in [-0.2, -0.15) is 0 Å². The molecule has 1 aliphatic heterocycles. The van der Waals surface area contributed by atoms with Gasteiger partial charge in [-0.3, -0.25) is 0 Å². The molecule has 0 spiro atoms. The lowest BCUT2D eigenvalue weighted by Crippen LogP contribution is -2.49. The average molecular weight is 669 g/mol. The smallest absolute Gasteiger partial charge is 0.0836 e. The van der Waals surface area contributed by atoms with Crippen LogP contribution in [0, 0.1) is 0 Å². The van der Waals surface area contributed by atoms with E-state index in [1.54, 1.807) is 10.4 Å². The molecule has 0 saturated heterocycles. The Hall–Kier alpha value is -5.50. The molecule has 7 aromatic carbocycles.